The molecule has 0 atom stereocenters. The van der Waals surface area contributed by atoms with E-state index in [0.29, 0.717) is 42.1 Å². The summed E-state index contributed by atoms with van der Waals surface area (Å²) in [5, 5.41) is 0.675. The van der Waals surface area contributed by atoms with Crippen LogP contribution >= 0.6 is 11.8 Å². The van der Waals surface area contributed by atoms with Gasteiger partial charge in [-0.2, -0.15) is 4.31 Å². The molecule has 1 aliphatic rings. The summed E-state index contributed by atoms with van der Waals surface area (Å²) in [5.74, 6) is 0.622. The maximum atomic E-state index is 12.7. The lowest BCUT2D eigenvalue weighted by atomic mass is 10.2. The molecule has 0 radical (unpaired) electrons. The van der Waals surface area contributed by atoms with E-state index in [2.05, 4.69) is 9.97 Å². The molecule has 0 spiro atoms. The SMILES string of the molecule is O=S(=O)(c1cccc(CSc2ncccn2)c1)N1CCOCC1. The summed E-state index contributed by atoms with van der Waals surface area (Å²) >= 11 is 1.48. The van der Waals surface area contributed by atoms with Gasteiger partial charge in [0.05, 0.1) is 18.1 Å². The second-order valence-electron chi connectivity index (χ2n) is 4.98. The number of ether oxygens (including phenoxy) is 1. The van der Waals surface area contributed by atoms with E-state index in [4.69, 9.17) is 4.74 Å². The number of benzene rings is 1. The summed E-state index contributed by atoms with van der Waals surface area (Å²) in [4.78, 5) is 8.63. The Morgan fingerprint density at radius 1 is 1.13 bits per heavy atom. The van der Waals surface area contributed by atoms with Crippen LogP contribution in [0, 0.1) is 0 Å². The molecule has 3 rings (SSSR count). The van der Waals surface area contributed by atoms with Gasteiger partial charge in [0.2, 0.25) is 10.0 Å². The second kappa shape index (κ2) is 7.39. The molecule has 0 saturated carbocycles. The van der Waals surface area contributed by atoms with Crippen molar-refractivity contribution in [1.29, 1.82) is 0 Å². The van der Waals surface area contributed by atoms with Crippen molar-refractivity contribution in [2.24, 2.45) is 0 Å². The van der Waals surface area contributed by atoms with E-state index in [0.717, 1.165) is 5.56 Å². The van der Waals surface area contributed by atoms with Gasteiger partial charge in [0.15, 0.2) is 5.16 Å². The summed E-state index contributed by atoms with van der Waals surface area (Å²) in [5.41, 5.74) is 0.928. The summed E-state index contributed by atoms with van der Waals surface area (Å²) in [7, 11) is -3.45. The van der Waals surface area contributed by atoms with E-state index in [9.17, 15) is 8.42 Å². The maximum Gasteiger partial charge on any atom is 0.243 e. The molecule has 1 aromatic carbocycles. The van der Waals surface area contributed by atoms with E-state index < -0.39 is 10.0 Å². The quantitative estimate of drug-likeness (QED) is 0.604. The normalized spacial score (nSPS) is 16.3. The second-order valence-corrected chi connectivity index (χ2v) is 7.86. The highest BCUT2D eigenvalue weighted by Crippen LogP contribution is 2.22. The molecule has 0 bridgehead atoms. The minimum atomic E-state index is -3.45. The number of morpholine rings is 1. The van der Waals surface area contributed by atoms with Crippen LogP contribution in [0.4, 0.5) is 0 Å². The van der Waals surface area contributed by atoms with Gasteiger partial charge in [-0.3, -0.25) is 0 Å². The van der Waals surface area contributed by atoms with Crippen molar-refractivity contribution in [2.75, 3.05) is 26.3 Å². The van der Waals surface area contributed by atoms with Crippen LogP contribution in [0.3, 0.4) is 0 Å². The van der Waals surface area contributed by atoms with Gasteiger partial charge in [-0.25, -0.2) is 18.4 Å². The van der Waals surface area contributed by atoms with E-state index >= 15 is 0 Å². The zero-order chi connectivity index (χ0) is 16.1. The Bertz CT molecular complexity index is 748. The highest BCUT2D eigenvalue weighted by Gasteiger charge is 2.26. The van der Waals surface area contributed by atoms with Gasteiger partial charge in [-0.15, -0.1) is 0 Å². The summed E-state index contributed by atoms with van der Waals surface area (Å²) in [6.07, 6.45) is 3.38. The molecular formula is C15H17N3O3S2. The number of hydrogen-bond donors (Lipinski definition) is 0. The molecule has 6 nitrogen and oxygen atoms in total. The first-order valence-corrected chi connectivity index (χ1v) is 9.65. The molecule has 0 aliphatic carbocycles. The highest BCUT2D eigenvalue weighted by molar-refractivity contribution is 7.98. The van der Waals surface area contributed by atoms with E-state index in [1.54, 1.807) is 36.7 Å². The predicted molar refractivity (Wildman–Crippen MR) is 87.6 cm³/mol. The summed E-state index contributed by atoms with van der Waals surface area (Å²) < 4.78 is 32.0. The van der Waals surface area contributed by atoms with Crippen molar-refractivity contribution < 1.29 is 13.2 Å². The Morgan fingerprint density at radius 2 is 1.87 bits per heavy atom. The highest BCUT2D eigenvalue weighted by atomic mass is 32.2. The molecule has 0 N–H and O–H groups in total. The minimum absolute atomic E-state index is 0.325. The summed E-state index contributed by atoms with van der Waals surface area (Å²) in [6.45, 7) is 1.69. The molecule has 1 saturated heterocycles. The Morgan fingerprint density at radius 3 is 2.61 bits per heavy atom. The first-order valence-electron chi connectivity index (χ1n) is 7.23. The van der Waals surface area contributed by atoms with Crippen LogP contribution in [0.5, 0.6) is 0 Å². The van der Waals surface area contributed by atoms with Crippen molar-refractivity contribution in [3.8, 4) is 0 Å². The molecule has 0 unspecified atom stereocenters. The fraction of sp³-hybridized carbons (Fsp3) is 0.333. The molecule has 0 amide bonds. The lowest BCUT2D eigenvalue weighted by Crippen LogP contribution is -2.40. The fourth-order valence-electron chi connectivity index (χ4n) is 2.24. The molecule has 1 aromatic heterocycles. The fourth-order valence-corrected chi connectivity index (χ4v) is 4.46. The Kier molecular flexibility index (Phi) is 5.27. The molecule has 2 heterocycles. The zero-order valence-electron chi connectivity index (χ0n) is 12.5. The third kappa shape index (κ3) is 4.08. The van der Waals surface area contributed by atoms with Gasteiger partial charge < -0.3 is 4.74 Å². The van der Waals surface area contributed by atoms with Crippen LogP contribution in [0.1, 0.15) is 5.56 Å². The van der Waals surface area contributed by atoms with E-state index in [1.165, 1.54) is 16.1 Å². The molecule has 1 fully saturated rings. The van der Waals surface area contributed by atoms with Gasteiger partial charge in [0.1, 0.15) is 0 Å². The number of hydrogen-bond acceptors (Lipinski definition) is 6. The number of rotatable bonds is 5. The van der Waals surface area contributed by atoms with Crippen molar-refractivity contribution in [3.63, 3.8) is 0 Å². The number of aromatic nitrogens is 2. The average Bonchev–Trinajstić information content (AvgIpc) is 2.62. The first-order chi connectivity index (χ1) is 11.2. The molecule has 122 valence electrons. The van der Waals surface area contributed by atoms with Crippen LogP contribution in [0.15, 0.2) is 52.8 Å². The van der Waals surface area contributed by atoms with Crippen molar-refractivity contribution in [2.45, 2.75) is 15.8 Å². The summed E-state index contributed by atoms with van der Waals surface area (Å²) in [6, 6.07) is 8.81. The van der Waals surface area contributed by atoms with Crippen LogP contribution in [0.25, 0.3) is 0 Å². The average molecular weight is 351 g/mol. The first kappa shape index (κ1) is 16.4. The topological polar surface area (TPSA) is 72.4 Å². The molecule has 2 aromatic rings. The third-order valence-electron chi connectivity index (χ3n) is 3.42. The Balaban J connectivity index is 1.74. The molecular weight excluding hydrogens is 334 g/mol. The van der Waals surface area contributed by atoms with E-state index in [-0.39, 0.29) is 0 Å². The Labute approximate surface area is 140 Å². The van der Waals surface area contributed by atoms with Crippen molar-refractivity contribution in [3.05, 3.63) is 48.3 Å². The monoisotopic (exact) mass is 351 g/mol. The Hall–Kier alpha value is -1.48. The number of nitrogens with zero attached hydrogens (tertiary/aromatic N) is 3. The van der Waals surface area contributed by atoms with Gasteiger partial charge in [0.25, 0.3) is 0 Å². The maximum absolute atomic E-state index is 12.7. The van der Waals surface area contributed by atoms with Crippen LogP contribution in [0.2, 0.25) is 0 Å². The van der Waals surface area contributed by atoms with Gasteiger partial charge in [-0.05, 0) is 23.8 Å². The smallest absolute Gasteiger partial charge is 0.243 e. The molecule has 1 aliphatic heterocycles. The van der Waals surface area contributed by atoms with E-state index in [1.807, 2.05) is 6.07 Å². The predicted octanol–water partition coefficient (Wildman–Crippen LogP) is 1.79. The van der Waals surface area contributed by atoms with Gasteiger partial charge in [-0.1, -0.05) is 23.9 Å². The molecule has 23 heavy (non-hydrogen) atoms. The lowest BCUT2D eigenvalue weighted by Gasteiger charge is -2.26. The number of thioether (sulfide) groups is 1. The lowest BCUT2D eigenvalue weighted by molar-refractivity contribution is 0.0730. The molecule has 8 heteroatoms. The van der Waals surface area contributed by atoms with Crippen molar-refractivity contribution >= 4 is 21.8 Å². The van der Waals surface area contributed by atoms with Crippen molar-refractivity contribution in [1.82, 2.24) is 14.3 Å². The third-order valence-corrected chi connectivity index (χ3v) is 6.26. The number of sulfonamides is 1. The van der Waals surface area contributed by atoms with Gasteiger partial charge >= 0.3 is 0 Å². The van der Waals surface area contributed by atoms with Crippen LogP contribution in [-0.4, -0.2) is 49.0 Å². The zero-order valence-corrected chi connectivity index (χ0v) is 14.1. The largest absolute Gasteiger partial charge is 0.379 e. The van der Waals surface area contributed by atoms with Gasteiger partial charge in [0, 0.05) is 31.2 Å². The van der Waals surface area contributed by atoms with Crippen LogP contribution < -0.4 is 0 Å². The minimum Gasteiger partial charge on any atom is -0.379 e. The standard InChI is InChI=1S/C15H17N3O3S2/c19-23(20,18-7-9-21-10-8-18)14-4-1-3-13(11-14)12-22-15-16-5-2-6-17-15/h1-6,11H,7-10,12H2. The van der Waals surface area contributed by atoms with Crippen LogP contribution in [-0.2, 0) is 20.5 Å².